The van der Waals surface area contributed by atoms with E-state index in [9.17, 15) is 19.6 Å². The first-order valence-electron chi connectivity index (χ1n) is 12.0. The van der Waals surface area contributed by atoms with Crippen LogP contribution in [0.1, 0.15) is 72.3 Å². The second-order valence-electron chi connectivity index (χ2n) is 9.55. The number of carbonyl (C=O) groups is 3. The van der Waals surface area contributed by atoms with Crippen LogP contribution in [0.15, 0.2) is 36.4 Å². The molecule has 0 spiro atoms. The van der Waals surface area contributed by atoms with Crippen molar-refractivity contribution >= 4 is 36.1 Å². The summed E-state index contributed by atoms with van der Waals surface area (Å²) in [5.74, 6) is 2.09. The smallest absolute Gasteiger partial charge is 0.249 e. The molecule has 9 heteroatoms. The predicted molar refractivity (Wildman–Crippen MR) is 141 cm³/mol. The van der Waals surface area contributed by atoms with Crippen LogP contribution in [-0.4, -0.2) is 28.3 Å². The van der Waals surface area contributed by atoms with Crippen molar-refractivity contribution in [3.8, 4) is 0 Å². The molecule has 0 radical (unpaired) electrons. The average Bonchev–Trinajstić information content (AvgIpc) is 2.84. The zero-order valence-electron chi connectivity index (χ0n) is 21.5. The van der Waals surface area contributed by atoms with Gasteiger partial charge in [0.25, 0.3) is 0 Å². The third-order valence-electron chi connectivity index (χ3n) is 6.74. The van der Waals surface area contributed by atoms with E-state index in [-0.39, 0.29) is 37.6 Å². The monoisotopic (exact) mass is 510 g/mol. The molecule has 0 saturated heterocycles. The molecule has 0 heterocycles. The van der Waals surface area contributed by atoms with Crippen LogP contribution in [0.25, 0.3) is 6.08 Å². The summed E-state index contributed by atoms with van der Waals surface area (Å²) in [5.41, 5.74) is 8.47. The lowest BCUT2D eigenvalue weighted by Crippen LogP contribution is -2.68. The molecule has 8 nitrogen and oxygen atoms in total. The number of hydrogen-bond donors (Lipinski definition) is 5. The number of hydroxylamine groups is 1. The van der Waals surface area contributed by atoms with E-state index in [0.29, 0.717) is 12.8 Å². The van der Waals surface area contributed by atoms with Gasteiger partial charge in [0.15, 0.2) is 5.78 Å². The van der Waals surface area contributed by atoms with E-state index in [2.05, 4.69) is 5.43 Å². The number of halogens is 1. The van der Waals surface area contributed by atoms with Crippen molar-refractivity contribution in [2.75, 3.05) is 0 Å². The highest BCUT2D eigenvalue weighted by Crippen LogP contribution is 2.42. The molecule has 2 unspecified atom stereocenters. The largest absolute Gasteiger partial charge is 0.318 e. The van der Waals surface area contributed by atoms with Gasteiger partial charge in [-0.05, 0) is 36.7 Å². The summed E-state index contributed by atoms with van der Waals surface area (Å²) in [6, 6.07) is 9.51. The summed E-state index contributed by atoms with van der Waals surface area (Å²) < 4.78 is 0. The van der Waals surface area contributed by atoms with E-state index in [1.54, 1.807) is 18.5 Å². The molecule has 7 N–H and O–H groups in total. The molecule has 0 fully saturated rings. The van der Waals surface area contributed by atoms with Gasteiger partial charge in [-0.2, -0.15) is 0 Å². The number of hydrogen-bond acceptors (Lipinski definition) is 6. The van der Waals surface area contributed by atoms with Crippen LogP contribution in [0.4, 0.5) is 0 Å². The Morgan fingerprint density at radius 1 is 1.11 bits per heavy atom. The van der Waals surface area contributed by atoms with Crippen LogP contribution in [0.5, 0.6) is 0 Å². The predicted octanol–water partition coefficient (Wildman–Crippen LogP) is 3.77. The fourth-order valence-electron chi connectivity index (χ4n) is 4.86. The summed E-state index contributed by atoms with van der Waals surface area (Å²) in [5, 5.41) is 9.54. The van der Waals surface area contributed by atoms with Gasteiger partial charge >= 0.3 is 0 Å². The molecule has 198 valence electrons. The van der Waals surface area contributed by atoms with E-state index in [4.69, 9.17) is 11.6 Å². The summed E-state index contributed by atoms with van der Waals surface area (Å²) in [7, 11) is 0. The van der Waals surface area contributed by atoms with Crippen LogP contribution in [0, 0.1) is 23.2 Å². The molecule has 0 bridgehead atoms. The third kappa shape index (κ3) is 7.61. The number of amides is 2. The maximum absolute atomic E-state index is 14.4. The lowest BCUT2D eigenvalue weighted by molar-refractivity contribution is -0.154. The van der Waals surface area contributed by atoms with Crippen LogP contribution < -0.4 is 22.5 Å². The second kappa shape index (κ2) is 15.0. The third-order valence-corrected chi connectivity index (χ3v) is 6.74. The number of Topliss-reactive ketones (excluding diaryl/α,β-unsaturated/α-hetero) is 1. The zero-order chi connectivity index (χ0) is 25.9. The Bertz CT molecular complexity index is 849. The van der Waals surface area contributed by atoms with Crippen LogP contribution in [0.3, 0.4) is 0 Å². The molecule has 4 atom stereocenters. The number of nitrogens with two attached hydrogens (primary N) is 2. The maximum atomic E-state index is 14.4. The van der Waals surface area contributed by atoms with E-state index in [1.807, 2.05) is 64.1 Å². The number of benzene rings is 1. The van der Waals surface area contributed by atoms with Crippen LogP contribution in [0.2, 0.25) is 0 Å². The molecule has 35 heavy (non-hydrogen) atoms. The highest BCUT2D eigenvalue weighted by molar-refractivity contribution is 6.11. The van der Waals surface area contributed by atoms with Crippen molar-refractivity contribution in [3.63, 3.8) is 0 Å². The molecule has 0 aliphatic carbocycles. The average molecular weight is 511 g/mol. The van der Waals surface area contributed by atoms with E-state index in [1.165, 1.54) is 0 Å². The first-order chi connectivity index (χ1) is 16.0. The number of nitrogens with one attached hydrogen (secondary N) is 2. The first-order valence-corrected chi connectivity index (χ1v) is 12.0. The van der Waals surface area contributed by atoms with Gasteiger partial charge in [-0.15, -0.1) is 12.4 Å². The number of ketones is 1. The van der Waals surface area contributed by atoms with Gasteiger partial charge in [-0.3, -0.25) is 25.0 Å². The normalized spacial score (nSPS) is 16.5. The minimum Gasteiger partial charge on any atom is -0.318 e. The number of carbonyl (C=O) groups excluding carboxylic acids is 3. The maximum Gasteiger partial charge on any atom is 0.249 e. The van der Waals surface area contributed by atoms with Gasteiger partial charge in [0.05, 0.1) is 11.5 Å². The second-order valence-corrected chi connectivity index (χ2v) is 9.55. The number of allylic oxidation sites excluding steroid dienone is 1. The minimum atomic E-state index is -1.72. The Labute approximate surface area is 215 Å². The van der Waals surface area contributed by atoms with Crippen molar-refractivity contribution in [1.29, 1.82) is 0 Å². The highest BCUT2D eigenvalue weighted by atomic mass is 35.5. The van der Waals surface area contributed by atoms with Gasteiger partial charge < -0.3 is 5.73 Å². The Morgan fingerprint density at radius 2 is 1.71 bits per heavy atom. The quantitative estimate of drug-likeness (QED) is 0.0845. The fourth-order valence-corrected chi connectivity index (χ4v) is 4.86. The Morgan fingerprint density at radius 3 is 2.17 bits per heavy atom. The first kappa shape index (κ1) is 32.7. The molecule has 0 aliphatic rings. The minimum absolute atomic E-state index is 0. The van der Waals surface area contributed by atoms with E-state index >= 15 is 0 Å². The molecule has 1 aromatic carbocycles. The number of hydrazine groups is 1. The summed E-state index contributed by atoms with van der Waals surface area (Å²) in [6.45, 7) is 9.39. The SMILES string of the molecule is CCCC(CC(C)C)(C(=O)NN)C(=O)[C@@](N)(C(C)CC)[C@H](C/C=C/c1ccccc1)C(=O)NO.Cl. The van der Waals surface area contributed by atoms with E-state index in [0.717, 1.165) is 5.56 Å². The van der Waals surface area contributed by atoms with Crippen LogP contribution >= 0.6 is 12.4 Å². The molecule has 2 amide bonds. The van der Waals surface area contributed by atoms with Crippen molar-refractivity contribution in [1.82, 2.24) is 10.9 Å². The topological polar surface area (TPSA) is 148 Å². The number of rotatable bonds is 14. The van der Waals surface area contributed by atoms with Gasteiger partial charge in [-0.25, -0.2) is 11.3 Å². The molecule has 1 aromatic rings. The van der Waals surface area contributed by atoms with Gasteiger partial charge in [0.2, 0.25) is 11.8 Å². The molecule has 0 saturated carbocycles. The molecule has 0 aliphatic heterocycles. The van der Waals surface area contributed by atoms with E-state index < -0.39 is 40.4 Å². The van der Waals surface area contributed by atoms with Gasteiger partial charge in [0.1, 0.15) is 5.41 Å². The lowest BCUT2D eigenvalue weighted by Gasteiger charge is -2.45. The Hall–Kier alpha value is -2.26. The summed E-state index contributed by atoms with van der Waals surface area (Å²) in [4.78, 5) is 40.4. The van der Waals surface area contributed by atoms with Crippen LogP contribution in [-0.2, 0) is 14.4 Å². The van der Waals surface area contributed by atoms with Gasteiger partial charge in [0, 0.05) is 0 Å². The summed E-state index contributed by atoms with van der Waals surface area (Å²) in [6.07, 6.45) is 5.23. The van der Waals surface area contributed by atoms with Crippen molar-refractivity contribution in [2.24, 2.45) is 34.7 Å². The Balaban J connectivity index is 0.0000116. The highest BCUT2D eigenvalue weighted by Gasteiger charge is 2.58. The summed E-state index contributed by atoms with van der Waals surface area (Å²) >= 11 is 0. The zero-order valence-corrected chi connectivity index (χ0v) is 22.4. The van der Waals surface area contributed by atoms with Crippen molar-refractivity contribution in [3.05, 3.63) is 42.0 Å². The standard InChI is InChI=1S/C26H42N4O4.ClH/c1-6-16-25(17-18(3)4,24(33)29-28)23(32)26(27,19(5)7-2)21(22(31)30-34)15-11-14-20-12-9-8-10-13-20;/h8-14,18-19,21,34H,6-7,15-17,27-28H2,1-5H3,(H,29,33)(H,30,31);1H/b14-11+;/t19?,21-,25?,26-;/m1./s1. The van der Waals surface area contributed by atoms with Crippen molar-refractivity contribution in [2.45, 2.75) is 72.3 Å². The molecule has 1 rings (SSSR count). The lowest BCUT2D eigenvalue weighted by atomic mass is 9.59. The molecule has 0 aromatic heterocycles. The Kier molecular flexibility index (Phi) is 14.0. The molecular weight excluding hydrogens is 468 g/mol. The van der Waals surface area contributed by atoms with Gasteiger partial charge in [-0.1, -0.05) is 89.9 Å². The van der Waals surface area contributed by atoms with Crippen molar-refractivity contribution < 1.29 is 19.6 Å². The molecular formula is C26H43ClN4O4. The fraction of sp³-hybridized carbons (Fsp3) is 0.577.